The van der Waals surface area contributed by atoms with Crippen LogP contribution in [0.15, 0.2) is 24.4 Å². The Morgan fingerprint density at radius 1 is 1.40 bits per heavy atom. The van der Waals surface area contributed by atoms with Crippen molar-refractivity contribution in [3.05, 3.63) is 24.4 Å². The van der Waals surface area contributed by atoms with Gasteiger partial charge in [-0.3, -0.25) is 0 Å². The van der Waals surface area contributed by atoms with Crippen molar-refractivity contribution in [2.24, 2.45) is 5.92 Å². The second kappa shape index (κ2) is 5.12. The maximum absolute atomic E-state index is 5.65. The summed E-state index contributed by atoms with van der Waals surface area (Å²) < 4.78 is 5.65. The SMILES string of the molecule is CN1CCC(COc2ccccn2)CC1. The quantitative estimate of drug-likeness (QED) is 0.754. The van der Waals surface area contributed by atoms with Gasteiger partial charge >= 0.3 is 0 Å². The fraction of sp³-hybridized carbons (Fsp3) is 0.583. The van der Waals surface area contributed by atoms with Gasteiger partial charge in [-0.15, -0.1) is 0 Å². The largest absolute Gasteiger partial charge is 0.477 e. The topological polar surface area (TPSA) is 25.4 Å². The molecule has 2 heterocycles. The average Bonchev–Trinajstić information content (AvgIpc) is 2.30. The van der Waals surface area contributed by atoms with Crippen molar-refractivity contribution in [1.82, 2.24) is 9.88 Å². The molecule has 3 heteroatoms. The molecule has 0 aromatic carbocycles. The molecule has 15 heavy (non-hydrogen) atoms. The van der Waals surface area contributed by atoms with Gasteiger partial charge in [0, 0.05) is 12.3 Å². The molecule has 0 saturated carbocycles. The molecule has 0 radical (unpaired) electrons. The molecule has 1 aromatic heterocycles. The van der Waals surface area contributed by atoms with E-state index in [1.165, 1.54) is 25.9 Å². The van der Waals surface area contributed by atoms with Gasteiger partial charge in [0.05, 0.1) is 6.61 Å². The van der Waals surface area contributed by atoms with Crippen LogP contribution in [0.4, 0.5) is 0 Å². The first-order chi connectivity index (χ1) is 7.34. The zero-order chi connectivity index (χ0) is 10.5. The van der Waals surface area contributed by atoms with E-state index < -0.39 is 0 Å². The van der Waals surface area contributed by atoms with Crippen LogP contribution in [0.1, 0.15) is 12.8 Å². The van der Waals surface area contributed by atoms with Crippen molar-refractivity contribution < 1.29 is 4.74 Å². The molecule has 0 N–H and O–H groups in total. The molecule has 1 fully saturated rings. The molecule has 0 amide bonds. The summed E-state index contributed by atoms with van der Waals surface area (Å²) in [6.07, 6.45) is 4.25. The Kier molecular flexibility index (Phi) is 3.56. The molecule has 1 saturated heterocycles. The molecule has 0 unspecified atom stereocenters. The first-order valence-corrected chi connectivity index (χ1v) is 5.57. The van der Waals surface area contributed by atoms with Crippen LogP contribution >= 0.6 is 0 Å². The molecular weight excluding hydrogens is 188 g/mol. The minimum absolute atomic E-state index is 0.697. The van der Waals surface area contributed by atoms with Crippen molar-refractivity contribution in [2.45, 2.75) is 12.8 Å². The Bertz CT molecular complexity index is 281. The summed E-state index contributed by atoms with van der Waals surface area (Å²) >= 11 is 0. The molecule has 0 bridgehead atoms. The lowest BCUT2D eigenvalue weighted by Gasteiger charge is -2.28. The number of piperidine rings is 1. The van der Waals surface area contributed by atoms with Crippen molar-refractivity contribution in [3.63, 3.8) is 0 Å². The lowest BCUT2D eigenvalue weighted by molar-refractivity contribution is 0.157. The summed E-state index contributed by atoms with van der Waals surface area (Å²) in [7, 11) is 2.18. The zero-order valence-corrected chi connectivity index (χ0v) is 9.22. The molecule has 0 aliphatic carbocycles. The minimum atomic E-state index is 0.697. The Labute approximate surface area is 91.1 Å². The third-order valence-electron chi connectivity index (χ3n) is 2.94. The summed E-state index contributed by atoms with van der Waals surface area (Å²) in [5.41, 5.74) is 0. The van der Waals surface area contributed by atoms with Crippen LogP contribution in [-0.2, 0) is 0 Å². The Morgan fingerprint density at radius 3 is 2.87 bits per heavy atom. The van der Waals surface area contributed by atoms with E-state index in [2.05, 4.69) is 16.9 Å². The van der Waals surface area contributed by atoms with E-state index in [9.17, 15) is 0 Å². The average molecular weight is 206 g/mol. The smallest absolute Gasteiger partial charge is 0.213 e. The van der Waals surface area contributed by atoms with Gasteiger partial charge < -0.3 is 9.64 Å². The lowest BCUT2D eigenvalue weighted by atomic mass is 9.98. The second-order valence-corrected chi connectivity index (χ2v) is 4.23. The number of nitrogens with zero attached hydrogens (tertiary/aromatic N) is 2. The highest BCUT2D eigenvalue weighted by Gasteiger charge is 2.17. The predicted molar refractivity (Wildman–Crippen MR) is 60.0 cm³/mol. The molecule has 82 valence electrons. The minimum Gasteiger partial charge on any atom is -0.477 e. The molecule has 2 rings (SSSR count). The third kappa shape index (κ3) is 3.20. The summed E-state index contributed by atoms with van der Waals surface area (Å²) in [5.74, 6) is 1.44. The van der Waals surface area contributed by atoms with E-state index in [1.807, 2.05) is 18.2 Å². The monoisotopic (exact) mass is 206 g/mol. The summed E-state index contributed by atoms with van der Waals surface area (Å²) in [6, 6.07) is 5.77. The number of aromatic nitrogens is 1. The van der Waals surface area contributed by atoms with Crippen LogP contribution < -0.4 is 4.74 Å². The van der Waals surface area contributed by atoms with Crippen LogP contribution in [0.5, 0.6) is 5.88 Å². The maximum atomic E-state index is 5.65. The van der Waals surface area contributed by atoms with E-state index >= 15 is 0 Å². The first kappa shape index (κ1) is 10.4. The van der Waals surface area contributed by atoms with Crippen LogP contribution in [0, 0.1) is 5.92 Å². The Hall–Kier alpha value is -1.09. The van der Waals surface area contributed by atoms with Crippen LogP contribution in [0.25, 0.3) is 0 Å². The van der Waals surface area contributed by atoms with Gasteiger partial charge in [-0.25, -0.2) is 4.98 Å². The Morgan fingerprint density at radius 2 is 2.20 bits per heavy atom. The summed E-state index contributed by atoms with van der Waals surface area (Å²) in [6.45, 7) is 3.19. The van der Waals surface area contributed by atoms with E-state index in [1.54, 1.807) is 6.20 Å². The predicted octanol–water partition coefficient (Wildman–Crippen LogP) is 1.80. The normalized spacial score (nSPS) is 19.0. The number of hydrogen-bond acceptors (Lipinski definition) is 3. The summed E-state index contributed by atoms with van der Waals surface area (Å²) in [5, 5.41) is 0. The van der Waals surface area contributed by atoms with Gasteiger partial charge in [0.15, 0.2) is 0 Å². The number of hydrogen-bond donors (Lipinski definition) is 0. The molecular formula is C12H18N2O. The highest BCUT2D eigenvalue weighted by atomic mass is 16.5. The van der Waals surface area contributed by atoms with Gasteiger partial charge in [0.2, 0.25) is 5.88 Å². The Balaban J connectivity index is 1.74. The van der Waals surface area contributed by atoms with Gasteiger partial charge in [-0.1, -0.05) is 6.07 Å². The van der Waals surface area contributed by atoms with Crippen molar-refractivity contribution in [1.29, 1.82) is 0 Å². The fourth-order valence-electron chi connectivity index (χ4n) is 1.86. The van der Waals surface area contributed by atoms with E-state index in [0.717, 1.165) is 12.5 Å². The lowest BCUT2D eigenvalue weighted by Crippen LogP contribution is -2.32. The van der Waals surface area contributed by atoms with E-state index in [-0.39, 0.29) is 0 Å². The van der Waals surface area contributed by atoms with Crippen LogP contribution in [-0.4, -0.2) is 36.6 Å². The fourth-order valence-corrected chi connectivity index (χ4v) is 1.86. The van der Waals surface area contributed by atoms with E-state index in [0.29, 0.717) is 5.92 Å². The molecule has 0 atom stereocenters. The third-order valence-corrected chi connectivity index (χ3v) is 2.94. The van der Waals surface area contributed by atoms with E-state index in [4.69, 9.17) is 4.74 Å². The van der Waals surface area contributed by atoms with Gasteiger partial charge in [0.1, 0.15) is 0 Å². The number of pyridine rings is 1. The second-order valence-electron chi connectivity index (χ2n) is 4.23. The van der Waals surface area contributed by atoms with Crippen LogP contribution in [0.3, 0.4) is 0 Å². The standard InChI is InChI=1S/C12H18N2O/c1-14-8-5-11(6-9-14)10-15-12-4-2-3-7-13-12/h2-4,7,11H,5-6,8-10H2,1H3. The van der Waals surface area contributed by atoms with Gasteiger partial charge in [-0.05, 0) is 45.0 Å². The molecule has 3 nitrogen and oxygen atoms in total. The van der Waals surface area contributed by atoms with Crippen molar-refractivity contribution >= 4 is 0 Å². The maximum Gasteiger partial charge on any atom is 0.213 e. The zero-order valence-electron chi connectivity index (χ0n) is 9.22. The first-order valence-electron chi connectivity index (χ1n) is 5.57. The van der Waals surface area contributed by atoms with Crippen molar-refractivity contribution in [2.75, 3.05) is 26.7 Å². The number of rotatable bonds is 3. The van der Waals surface area contributed by atoms with Gasteiger partial charge in [-0.2, -0.15) is 0 Å². The number of ether oxygens (including phenoxy) is 1. The van der Waals surface area contributed by atoms with Crippen molar-refractivity contribution in [3.8, 4) is 5.88 Å². The van der Waals surface area contributed by atoms with Gasteiger partial charge in [0.25, 0.3) is 0 Å². The highest BCUT2D eigenvalue weighted by Crippen LogP contribution is 2.17. The molecule has 1 aromatic rings. The molecule has 0 spiro atoms. The highest BCUT2D eigenvalue weighted by molar-refractivity contribution is 5.09. The number of likely N-dealkylation sites (tertiary alicyclic amines) is 1. The molecule has 1 aliphatic heterocycles. The molecule has 1 aliphatic rings. The van der Waals surface area contributed by atoms with Crippen LogP contribution in [0.2, 0.25) is 0 Å². The summed E-state index contributed by atoms with van der Waals surface area (Å²) in [4.78, 5) is 6.52.